The molecule has 5 nitrogen and oxygen atoms in total. The lowest BCUT2D eigenvalue weighted by molar-refractivity contribution is 0.0983. The van der Waals surface area contributed by atoms with E-state index in [0.29, 0.717) is 18.3 Å². The summed E-state index contributed by atoms with van der Waals surface area (Å²) < 4.78 is 0. The van der Waals surface area contributed by atoms with Gasteiger partial charge >= 0.3 is 0 Å². The van der Waals surface area contributed by atoms with E-state index in [0.717, 1.165) is 29.9 Å². The van der Waals surface area contributed by atoms with E-state index < -0.39 is 0 Å². The van der Waals surface area contributed by atoms with Crippen molar-refractivity contribution in [2.75, 3.05) is 16.8 Å². The largest absolute Gasteiger partial charge is 0.367 e. The molecule has 0 bridgehead atoms. The molecule has 5 heteroatoms. The number of rotatable bonds is 5. The normalized spacial score (nSPS) is 15.3. The van der Waals surface area contributed by atoms with Crippen molar-refractivity contribution in [2.24, 2.45) is 0 Å². The number of amides is 1. The van der Waals surface area contributed by atoms with Gasteiger partial charge in [-0.25, -0.2) is 9.97 Å². The second-order valence-corrected chi connectivity index (χ2v) is 7.01. The van der Waals surface area contributed by atoms with Gasteiger partial charge in [-0.1, -0.05) is 37.8 Å². The summed E-state index contributed by atoms with van der Waals surface area (Å²) in [6, 6.07) is 10.2. The fourth-order valence-electron chi connectivity index (χ4n) is 3.56. The Morgan fingerprint density at radius 2 is 1.92 bits per heavy atom. The molecule has 1 amide bonds. The number of aromatic nitrogens is 2. The van der Waals surface area contributed by atoms with Crippen LogP contribution in [-0.2, 0) is 0 Å². The first kappa shape index (κ1) is 18.4. The number of hydrogen-bond donors (Lipinski definition) is 1. The maximum atomic E-state index is 13.0. The number of carbonyl (C=O) groups is 1. The van der Waals surface area contributed by atoms with Crippen molar-refractivity contribution in [3.05, 3.63) is 47.9 Å². The highest BCUT2D eigenvalue weighted by Gasteiger charge is 2.19. The first-order chi connectivity index (χ1) is 12.7. The fourth-order valence-corrected chi connectivity index (χ4v) is 3.56. The lowest BCUT2D eigenvalue weighted by Gasteiger charge is -2.22. The van der Waals surface area contributed by atoms with Crippen molar-refractivity contribution >= 4 is 17.4 Å². The van der Waals surface area contributed by atoms with Crippen molar-refractivity contribution in [1.29, 1.82) is 0 Å². The van der Waals surface area contributed by atoms with Crippen LogP contribution in [0.15, 0.2) is 36.7 Å². The molecule has 0 unspecified atom stereocenters. The van der Waals surface area contributed by atoms with Gasteiger partial charge in [-0.2, -0.15) is 0 Å². The third-order valence-corrected chi connectivity index (χ3v) is 4.97. The molecule has 0 radical (unpaired) electrons. The fraction of sp³-hybridized carbons (Fsp3) is 0.476. The Balaban J connectivity index is 1.76. The summed E-state index contributed by atoms with van der Waals surface area (Å²) in [5.41, 5.74) is 2.46. The molecule has 0 aliphatic heterocycles. The molecule has 26 heavy (non-hydrogen) atoms. The van der Waals surface area contributed by atoms with Crippen LogP contribution < -0.4 is 10.2 Å². The average molecular weight is 352 g/mol. The number of carbonyl (C=O) groups excluding carboxylic acids is 1. The van der Waals surface area contributed by atoms with E-state index in [1.165, 1.54) is 32.0 Å². The molecule has 1 aromatic heterocycles. The predicted octanol–water partition coefficient (Wildman–Crippen LogP) is 4.59. The molecule has 1 N–H and O–H groups in total. The lowest BCUT2D eigenvalue weighted by Crippen LogP contribution is -2.31. The molecule has 2 aromatic rings. The van der Waals surface area contributed by atoms with Crippen molar-refractivity contribution in [3.8, 4) is 0 Å². The van der Waals surface area contributed by atoms with E-state index in [1.54, 1.807) is 11.0 Å². The predicted molar refractivity (Wildman–Crippen MR) is 106 cm³/mol. The second-order valence-electron chi connectivity index (χ2n) is 7.01. The minimum Gasteiger partial charge on any atom is -0.367 e. The van der Waals surface area contributed by atoms with Crippen LogP contribution in [0.25, 0.3) is 0 Å². The van der Waals surface area contributed by atoms with Crippen LogP contribution in [0.4, 0.5) is 11.5 Å². The zero-order chi connectivity index (χ0) is 18.4. The Hall–Kier alpha value is -2.43. The van der Waals surface area contributed by atoms with Crippen LogP contribution in [0.3, 0.4) is 0 Å². The third-order valence-electron chi connectivity index (χ3n) is 4.97. The highest BCUT2D eigenvalue weighted by atomic mass is 16.2. The van der Waals surface area contributed by atoms with Gasteiger partial charge < -0.3 is 10.2 Å². The molecule has 0 atom stereocenters. The number of nitrogens with one attached hydrogen (secondary N) is 1. The van der Waals surface area contributed by atoms with Crippen LogP contribution in [0, 0.1) is 6.92 Å². The minimum atomic E-state index is -0.0931. The summed E-state index contributed by atoms with van der Waals surface area (Å²) in [5.74, 6) is 0.653. The number of anilines is 2. The van der Waals surface area contributed by atoms with Crippen molar-refractivity contribution < 1.29 is 4.79 Å². The summed E-state index contributed by atoms with van der Waals surface area (Å²) in [4.78, 5) is 23.3. The summed E-state index contributed by atoms with van der Waals surface area (Å²) in [6.45, 7) is 4.60. The topological polar surface area (TPSA) is 58.1 Å². The van der Waals surface area contributed by atoms with Crippen molar-refractivity contribution in [1.82, 2.24) is 9.97 Å². The highest BCUT2D eigenvalue weighted by molar-refractivity contribution is 6.05. The van der Waals surface area contributed by atoms with Crippen LogP contribution >= 0.6 is 0 Å². The zero-order valence-corrected chi connectivity index (χ0v) is 15.7. The molecule has 1 aromatic carbocycles. The quantitative estimate of drug-likeness (QED) is 0.800. The molecule has 1 aliphatic carbocycles. The summed E-state index contributed by atoms with van der Waals surface area (Å²) in [7, 11) is 0. The monoisotopic (exact) mass is 352 g/mol. The average Bonchev–Trinajstić information content (AvgIpc) is 2.91. The van der Waals surface area contributed by atoms with Gasteiger partial charge in [-0.05, 0) is 44.4 Å². The molecule has 0 saturated heterocycles. The van der Waals surface area contributed by atoms with Crippen molar-refractivity contribution in [2.45, 2.75) is 58.4 Å². The zero-order valence-electron chi connectivity index (χ0n) is 15.7. The number of aryl methyl sites for hydroxylation is 1. The number of nitrogens with zero attached hydrogens (tertiary/aromatic N) is 3. The molecule has 138 valence electrons. The summed E-state index contributed by atoms with van der Waals surface area (Å²) in [6.07, 6.45) is 8.95. The summed E-state index contributed by atoms with van der Waals surface area (Å²) in [5, 5.41) is 3.50. The van der Waals surface area contributed by atoms with Crippen LogP contribution in [0.2, 0.25) is 0 Å². The molecule has 3 rings (SSSR count). The Morgan fingerprint density at radius 3 is 2.62 bits per heavy atom. The Bertz CT molecular complexity index is 738. The van der Waals surface area contributed by atoms with Crippen molar-refractivity contribution in [3.63, 3.8) is 0 Å². The molecule has 0 spiro atoms. The van der Waals surface area contributed by atoms with Gasteiger partial charge in [0.15, 0.2) is 0 Å². The Morgan fingerprint density at radius 1 is 1.15 bits per heavy atom. The first-order valence-corrected chi connectivity index (χ1v) is 9.64. The van der Waals surface area contributed by atoms with E-state index in [4.69, 9.17) is 0 Å². The van der Waals surface area contributed by atoms with E-state index in [9.17, 15) is 4.79 Å². The van der Waals surface area contributed by atoms with Gasteiger partial charge in [0, 0.05) is 24.3 Å². The van der Waals surface area contributed by atoms with E-state index in [1.807, 2.05) is 38.1 Å². The molecule has 1 fully saturated rings. The van der Waals surface area contributed by atoms with E-state index >= 15 is 0 Å². The molecule has 1 heterocycles. The lowest BCUT2D eigenvalue weighted by atomic mass is 10.1. The van der Waals surface area contributed by atoms with Gasteiger partial charge in [0.05, 0.1) is 0 Å². The molecular weight excluding hydrogens is 324 g/mol. The number of benzene rings is 1. The standard InChI is InChI=1S/C21H28N4O/c1-3-25(18-12-8-9-16(2)13-18)21(26)19-14-20(23-15-22-19)24-17-10-6-4-5-7-11-17/h8-9,12-15,17H,3-7,10-11H2,1-2H3,(H,22,23,24). The molecule has 1 aliphatic rings. The Kier molecular flexibility index (Phi) is 6.21. The number of hydrogen-bond acceptors (Lipinski definition) is 4. The van der Waals surface area contributed by atoms with Crippen LogP contribution in [-0.4, -0.2) is 28.5 Å². The van der Waals surface area contributed by atoms with Crippen LogP contribution in [0.1, 0.15) is 61.5 Å². The van der Waals surface area contributed by atoms with E-state index in [2.05, 4.69) is 15.3 Å². The maximum Gasteiger partial charge on any atom is 0.277 e. The van der Waals surface area contributed by atoms with Gasteiger partial charge in [0.1, 0.15) is 17.8 Å². The maximum absolute atomic E-state index is 13.0. The molecule has 1 saturated carbocycles. The van der Waals surface area contributed by atoms with Gasteiger partial charge in [-0.3, -0.25) is 4.79 Å². The first-order valence-electron chi connectivity index (χ1n) is 9.64. The highest BCUT2D eigenvalue weighted by Crippen LogP contribution is 2.22. The summed E-state index contributed by atoms with van der Waals surface area (Å²) >= 11 is 0. The third kappa shape index (κ3) is 4.59. The Labute approximate surface area is 155 Å². The van der Waals surface area contributed by atoms with E-state index in [-0.39, 0.29) is 5.91 Å². The SMILES string of the molecule is CCN(C(=O)c1cc(NC2CCCCCC2)ncn1)c1cccc(C)c1. The minimum absolute atomic E-state index is 0.0931. The van der Waals surface area contributed by atoms with Gasteiger partial charge in [-0.15, -0.1) is 0 Å². The van der Waals surface area contributed by atoms with Gasteiger partial charge in [0.25, 0.3) is 5.91 Å². The van der Waals surface area contributed by atoms with Crippen LogP contribution in [0.5, 0.6) is 0 Å². The molecular formula is C21H28N4O. The smallest absolute Gasteiger partial charge is 0.277 e. The van der Waals surface area contributed by atoms with Gasteiger partial charge in [0.2, 0.25) is 0 Å². The second kappa shape index (κ2) is 8.79.